The number of hydrogen-bond donors (Lipinski definition) is 0. The van der Waals surface area contributed by atoms with Crippen LogP contribution in [0.2, 0.25) is 0 Å². The molecule has 7 heteroatoms. The van der Waals surface area contributed by atoms with Gasteiger partial charge in [0.1, 0.15) is 0 Å². The highest BCUT2D eigenvalue weighted by Crippen LogP contribution is 2.40. The smallest absolute Gasteiger partial charge is 0.339 e. The number of aromatic nitrogens is 2. The molecule has 2 aromatic heterocycles. The Kier molecular flexibility index (Phi) is 4.61. The number of piperidine rings is 1. The van der Waals surface area contributed by atoms with E-state index < -0.39 is 5.97 Å². The molecule has 0 N–H and O–H groups in total. The highest BCUT2D eigenvalue weighted by atomic mass is 16.5. The zero-order valence-corrected chi connectivity index (χ0v) is 16.0. The SMILES string of the molecule is Cc1noc2nc(C3CC3)cc(C(=O)OCC(=O)N3C(C)CCCC3C)c12. The van der Waals surface area contributed by atoms with Gasteiger partial charge in [-0.15, -0.1) is 0 Å². The van der Waals surface area contributed by atoms with Crippen molar-refractivity contribution in [2.24, 2.45) is 0 Å². The number of carbonyl (C=O) groups is 2. The van der Waals surface area contributed by atoms with E-state index in [1.165, 1.54) is 0 Å². The maximum absolute atomic E-state index is 12.8. The molecule has 2 aromatic rings. The summed E-state index contributed by atoms with van der Waals surface area (Å²) in [5.74, 6) is -0.304. The molecule has 2 aliphatic rings. The van der Waals surface area contributed by atoms with E-state index in [1.54, 1.807) is 13.0 Å². The van der Waals surface area contributed by atoms with Gasteiger partial charge < -0.3 is 14.2 Å². The summed E-state index contributed by atoms with van der Waals surface area (Å²) in [6.45, 7) is 5.61. The van der Waals surface area contributed by atoms with Crippen LogP contribution in [0, 0.1) is 6.92 Å². The lowest BCUT2D eigenvalue weighted by atomic mass is 9.97. The number of carbonyl (C=O) groups excluding carboxylic acids is 2. The molecular formula is C20H25N3O4. The number of nitrogens with zero attached hydrogens (tertiary/aromatic N) is 3. The molecule has 0 spiro atoms. The second-order valence-electron chi connectivity index (χ2n) is 7.82. The van der Waals surface area contributed by atoms with Crippen molar-refractivity contribution in [3.8, 4) is 0 Å². The van der Waals surface area contributed by atoms with E-state index in [0.29, 0.717) is 28.3 Å². The number of aryl methyl sites for hydroxylation is 1. The minimum Gasteiger partial charge on any atom is -0.452 e. The van der Waals surface area contributed by atoms with Crippen molar-refractivity contribution in [3.63, 3.8) is 0 Å². The lowest BCUT2D eigenvalue weighted by molar-refractivity contribution is -0.140. The molecule has 2 fully saturated rings. The Morgan fingerprint density at radius 1 is 1.22 bits per heavy atom. The van der Waals surface area contributed by atoms with Gasteiger partial charge in [0.2, 0.25) is 0 Å². The number of pyridine rings is 1. The van der Waals surface area contributed by atoms with Crippen LogP contribution in [0.25, 0.3) is 11.1 Å². The average Bonchev–Trinajstić information content (AvgIpc) is 3.42. The fourth-order valence-corrected chi connectivity index (χ4v) is 4.06. The Morgan fingerprint density at radius 2 is 1.93 bits per heavy atom. The monoisotopic (exact) mass is 371 g/mol. The average molecular weight is 371 g/mol. The molecule has 1 saturated carbocycles. The van der Waals surface area contributed by atoms with Crippen molar-refractivity contribution in [1.82, 2.24) is 15.0 Å². The summed E-state index contributed by atoms with van der Waals surface area (Å²) < 4.78 is 10.7. The van der Waals surface area contributed by atoms with Gasteiger partial charge in [-0.25, -0.2) is 9.78 Å². The molecule has 2 atom stereocenters. The Bertz CT molecular complexity index is 877. The van der Waals surface area contributed by atoms with Crippen molar-refractivity contribution in [2.45, 2.75) is 70.9 Å². The summed E-state index contributed by atoms with van der Waals surface area (Å²) in [4.78, 5) is 31.7. The summed E-state index contributed by atoms with van der Waals surface area (Å²) in [6, 6.07) is 2.12. The third-order valence-corrected chi connectivity index (χ3v) is 5.66. The normalized spacial score (nSPS) is 22.9. The first-order valence-corrected chi connectivity index (χ1v) is 9.71. The maximum Gasteiger partial charge on any atom is 0.339 e. The van der Waals surface area contributed by atoms with E-state index in [0.717, 1.165) is 37.8 Å². The maximum atomic E-state index is 12.8. The third kappa shape index (κ3) is 3.42. The Hall–Kier alpha value is -2.44. The fourth-order valence-electron chi connectivity index (χ4n) is 4.06. The summed E-state index contributed by atoms with van der Waals surface area (Å²) in [6.07, 6.45) is 5.21. The summed E-state index contributed by atoms with van der Waals surface area (Å²) in [5, 5.41) is 4.49. The van der Waals surface area contributed by atoms with Gasteiger partial charge in [0.15, 0.2) is 6.61 Å². The number of hydrogen-bond acceptors (Lipinski definition) is 6. The first kappa shape index (κ1) is 17.9. The molecule has 7 nitrogen and oxygen atoms in total. The fraction of sp³-hybridized carbons (Fsp3) is 0.600. The number of esters is 1. The largest absolute Gasteiger partial charge is 0.452 e. The van der Waals surface area contributed by atoms with E-state index in [-0.39, 0.29) is 24.6 Å². The quantitative estimate of drug-likeness (QED) is 0.766. The van der Waals surface area contributed by atoms with Crippen LogP contribution in [0.3, 0.4) is 0 Å². The van der Waals surface area contributed by atoms with Gasteiger partial charge in [0.05, 0.1) is 16.6 Å². The van der Waals surface area contributed by atoms with Crippen LogP contribution >= 0.6 is 0 Å². The molecule has 1 amide bonds. The van der Waals surface area contributed by atoms with Crippen molar-refractivity contribution in [2.75, 3.05) is 6.61 Å². The molecule has 0 radical (unpaired) electrons. The second kappa shape index (κ2) is 6.94. The molecule has 0 bridgehead atoms. The predicted molar refractivity (Wildman–Crippen MR) is 98.4 cm³/mol. The van der Waals surface area contributed by atoms with Crippen LogP contribution in [0.4, 0.5) is 0 Å². The Balaban J connectivity index is 1.53. The molecule has 2 unspecified atom stereocenters. The van der Waals surface area contributed by atoms with Gasteiger partial charge >= 0.3 is 5.97 Å². The highest BCUT2D eigenvalue weighted by Gasteiger charge is 2.31. The minimum absolute atomic E-state index is 0.141. The van der Waals surface area contributed by atoms with Gasteiger partial charge in [-0.1, -0.05) is 5.16 Å². The van der Waals surface area contributed by atoms with Gasteiger partial charge in [-0.05, 0) is 58.9 Å². The lowest BCUT2D eigenvalue weighted by Crippen LogP contribution is -2.49. The molecule has 1 aliphatic carbocycles. The number of fused-ring (bicyclic) bond motifs is 1. The minimum atomic E-state index is -0.527. The van der Waals surface area contributed by atoms with E-state index in [4.69, 9.17) is 9.26 Å². The van der Waals surface area contributed by atoms with Gasteiger partial charge in [0.25, 0.3) is 11.6 Å². The van der Waals surface area contributed by atoms with Crippen LogP contribution in [-0.4, -0.2) is 45.6 Å². The number of likely N-dealkylation sites (tertiary alicyclic amines) is 1. The third-order valence-electron chi connectivity index (χ3n) is 5.66. The number of ether oxygens (including phenoxy) is 1. The second-order valence-corrected chi connectivity index (χ2v) is 7.82. The van der Waals surface area contributed by atoms with Crippen LogP contribution in [-0.2, 0) is 9.53 Å². The van der Waals surface area contributed by atoms with Gasteiger partial charge in [-0.2, -0.15) is 0 Å². The summed E-state index contributed by atoms with van der Waals surface area (Å²) in [5.41, 5.74) is 2.16. The standard InChI is InChI=1S/C20H25N3O4/c1-11-5-4-6-12(2)23(11)17(24)10-26-20(25)15-9-16(14-7-8-14)21-19-18(15)13(3)22-27-19/h9,11-12,14H,4-8,10H2,1-3H3. The van der Waals surface area contributed by atoms with E-state index >= 15 is 0 Å². The van der Waals surface area contributed by atoms with E-state index in [1.807, 2.05) is 18.7 Å². The van der Waals surface area contributed by atoms with E-state index in [9.17, 15) is 9.59 Å². The molecular weight excluding hydrogens is 346 g/mol. The molecule has 0 aromatic carbocycles. The van der Waals surface area contributed by atoms with E-state index in [2.05, 4.69) is 10.1 Å². The van der Waals surface area contributed by atoms with Crippen molar-refractivity contribution in [1.29, 1.82) is 0 Å². The van der Waals surface area contributed by atoms with Crippen LogP contribution < -0.4 is 0 Å². The predicted octanol–water partition coefficient (Wildman–Crippen LogP) is 3.35. The number of rotatable bonds is 4. The zero-order chi connectivity index (χ0) is 19.1. The molecule has 27 heavy (non-hydrogen) atoms. The molecule has 1 aliphatic heterocycles. The van der Waals surface area contributed by atoms with Gasteiger partial charge in [0, 0.05) is 23.7 Å². The summed E-state index contributed by atoms with van der Waals surface area (Å²) in [7, 11) is 0. The highest BCUT2D eigenvalue weighted by molar-refractivity contribution is 6.03. The first-order chi connectivity index (χ1) is 13.0. The molecule has 144 valence electrons. The van der Waals surface area contributed by atoms with Crippen molar-refractivity contribution < 1.29 is 18.8 Å². The Labute approximate surface area is 158 Å². The molecule has 4 rings (SSSR count). The zero-order valence-electron chi connectivity index (χ0n) is 16.0. The molecule has 3 heterocycles. The van der Waals surface area contributed by atoms with Crippen molar-refractivity contribution >= 4 is 23.0 Å². The van der Waals surface area contributed by atoms with Crippen molar-refractivity contribution in [3.05, 3.63) is 23.0 Å². The van der Waals surface area contributed by atoms with Crippen LogP contribution in [0.15, 0.2) is 10.6 Å². The Morgan fingerprint density at radius 3 is 2.59 bits per heavy atom. The number of amides is 1. The summed E-state index contributed by atoms with van der Waals surface area (Å²) >= 11 is 0. The first-order valence-electron chi connectivity index (χ1n) is 9.71. The lowest BCUT2D eigenvalue weighted by Gasteiger charge is -2.38. The topological polar surface area (TPSA) is 85.5 Å². The van der Waals surface area contributed by atoms with Crippen LogP contribution in [0.5, 0.6) is 0 Å². The molecule has 1 saturated heterocycles. The van der Waals surface area contributed by atoms with Gasteiger partial charge in [-0.3, -0.25) is 4.79 Å². The van der Waals surface area contributed by atoms with Crippen LogP contribution in [0.1, 0.15) is 73.6 Å².